The van der Waals surface area contributed by atoms with Gasteiger partial charge in [-0.1, -0.05) is 30.3 Å². The number of hydrogen-bond donors (Lipinski definition) is 1. The van der Waals surface area contributed by atoms with Crippen molar-refractivity contribution >= 4 is 16.7 Å². The first-order chi connectivity index (χ1) is 10.4. The highest BCUT2D eigenvalue weighted by Gasteiger charge is 2.40. The lowest BCUT2D eigenvalue weighted by molar-refractivity contribution is 0.0608. The Balaban J connectivity index is 1.69. The zero-order chi connectivity index (χ0) is 14.1. The summed E-state index contributed by atoms with van der Waals surface area (Å²) in [6, 6.07) is 11.3. The SMILES string of the molecule is c1ccc(C2(c3nsc(NC4CC4)n3)CCOCC2)cc1. The summed E-state index contributed by atoms with van der Waals surface area (Å²) < 4.78 is 10.3. The second-order valence-corrected chi connectivity index (χ2v) is 6.65. The summed E-state index contributed by atoms with van der Waals surface area (Å²) in [7, 11) is 0. The standard InChI is InChI=1S/C16H19N3OS/c1-2-4-12(5-3-1)16(8-10-20-11-9-16)14-18-15(21-19-14)17-13-6-7-13/h1-5,13H,6-11H2,(H,17,18,19). The van der Waals surface area contributed by atoms with Crippen LogP contribution >= 0.6 is 11.5 Å². The lowest BCUT2D eigenvalue weighted by Gasteiger charge is -2.35. The topological polar surface area (TPSA) is 47.0 Å². The third kappa shape index (κ3) is 2.56. The maximum atomic E-state index is 5.58. The van der Waals surface area contributed by atoms with Crippen LogP contribution in [0.25, 0.3) is 0 Å². The van der Waals surface area contributed by atoms with Crippen LogP contribution in [0, 0.1) is 0 Å². The van der Waals surface area contributed by atoms with E-state index in [-0.39, 0.29) is 5.41 Å². The van der Waals surface area contributed by atoms with Crippen molar-refractivity contribution in [3.8, 4) is 0 Å². The van der Waals surface area contributed by atoms with Gasteiger partial charge in [0.1, 0.15) is 0 Å². The summed E-state index contributed by atoms with van der Waals surface area (Å²) in [5.74, 6) is 0.963. The quantitative estimate of drug-likeness (QED) is 0.942. The largest absolute Gasteiger partial charge is 0.381 e. The number of nitrogens with zero attached hydrogens (tertiary/aromatic N) is 2. The lowest BCUT2D eigenvalue weighted by Crippen LogP contribution is -2.36. The number of nitrogens with one attached hydrogen (secondary N) is 1. The number of rotatable bonds is 4. The minimum atomic E-state index is -0.0838. The molecule has 2 aliphatic rings. The van der Waals surface area contributed by atoms with Gasteiger partial charge >= 0.3 is 0 Å². The summed E-state index contributed by atoms with van der Waals surface area (Å²) in [6.45, 7) is 1.55. The first kappa shape index (κ1) is 13.2. The molecule has 0 unspecified atom stereocenters. The molecule has 1 aliphatic carbocycles. The van der Waals surface area contributed by atoms with Gasteiger partial charge in [-0.3, -0.25) is 0 Å². The van der Waals surface area contributed by atoms with Gasteiger partial charge < -0.3 is 10.1 Å². The van der Waals surface area contributed by atoms with Gasteiger partial charge in [-0.15, -0.1) is 0 Å². The minimum Gasteiger partial charge on any atom is -0.381 e. The van der Waals surface area contributed by atoms with Gasteiger partial charge in [0.25, 0.3) is 0 Å². The Morgan fingerprint density at radius 3 is 2.62 bits per heavy atom. The zero-order valence-corrected chi connectivity index (χ0v) is 12.7. The van der Waals surface area contributed by atoms with Crippen LogP contribution in [0.3, 0.4) is 0 Å². The van der Waals surface area contributed by atoms with E-state index in [0.717, 1.165) is 37.0 Å². The summed E-state index contributed by atoms with van der Waals surface area (Å²) in [5, 5.41) is 4.42. The van der Waals surface area contributed by atoms with Crippen molar-refractivity contribution < 1.29 is 4.74 Å². The van der Waals surface area contributed by atoms with Crippen LogP contribution in [0.5, 0.6) is 0 Å². The van der Waals surface area contributed by atoms with E-state index in [0.29, 0.717) is 6.04 Å². The van der Waals surface area contributed by atoms with Crippen molar-refractivity contribution in [3.63, 3.8) is 0 Å². The van der Waals surface area contributed by atoms with Crippen LogP contribution in [0.1, 0.15) is 37.1 Å². The third-order valence-electron chi connectivity index (χ3n) is 4.43. The molecule has 5 heteroatoms. The van der Waals surface area contributed by atoms with Crippen LogP contribution in [-0.2, 0) is 10.2 Å². The molecular formula is C16H19N3OS. The average molecular weight is 301 g/mol. The molecular weight excluding hydrogens is 282 g/mol. The molecule has 1 aromatic heterocycles. The molecule has 2 heterocycles. The van der Waals surface area contributed by atoms with Gasteiger partial charge in [0.15, 0.2) is 5.82 Å². The van der Waals surface area contributed by atoms with Crippen LogP contribution in [0.4, 0.5) is 5.13 Å². The Morgan fingerprint density at radius 2 is 1.90 bits per heavy atom. The van der Waals surface area contributed by atoms with Crippen molar-refractivity contribution in [2.75, 3.05) is 18.5 Å². The van der Waals surface area contributed by atoms with Crippen molar-refractivity contribution in [1.82, 2.24) is 9.36 Å². The third-order valence-corrected chi connectivity index (χ3v) is 5.08. The average Bonchev–Trinajstić information content (AvgIpc) is 3.24. The lowest BCUT2D eigenvalue weighted by atomic mass is 9.73. The molecule has 0 spiro atoms. The fourth-order valence-electron chi connectivity index (χ4n) is 3.00. The van der Waals surface area contributed by atoms with Crippen LogP contribution in [-0.4, -0.2) is 28.6 Å². The molecule has 1 aromatic carbocycles. The first-order valence-electron chi connectivity index (χ1n) is 7.61. The van der Waals surface area contributed by atoms with E-state index in [9.17, 15) is 0 Å². The predicted octanol–water partition coefficient (Wildman–Crippen LogP) is 3.21. The summed E-state index contributed by atoms with van der Waals surface area (Å²) in [5.41, 5.74) is 1.23. The molecule has 1 saturated heterocycles. The van der Waals surface area contributed by atoms with Gasteiger partial charge in [-0.2, -0.15) is 4.37 Å². The molecule has 0 amide bonds. The highest BCUT2D eigenvalue weighted by molar-refractivity contribution is 7.09. The Hall–Kier alpha value is -1.46. The molecule has 0 radical (unpaired) electrons. The monoisotopic (exact) mass is 301 g/mol. The number of hydrogen-bond acceptors (Lipinski definition) is 5. The van der Waals surface area contributed by atoms with Crippen LogP contribution in [0.2, 0.25) is 0 Å². The van der Waals surface area contributed by atoms with E-state index in [1.54, 1.807) is 0 Å². The number of benzene rings is 1. The second-order valence-electron chi connectivity index (χ2n) is 5.90. The van der Waals surface area contributed by atoms with E-state index in [1.807, 2.05) is 0 Å². The number of anilines is 1. The van der Waals surface area contributed by atoms with Crippen molar-refractivity contribution in [2.45, 2.75) is 37.1 Å². The zero-order valence-electron chi connectivity index (χ0n) is 11.9. The Labute approximate surface area is 128 Å². The fraction of sp³-hybridized carbons (Fsp3) is 0.500. The molecule has 1 aliphatic heterocycles. The molecule has 4 rings (SSSR count). The fourth-order valence-corrected chi connectivity index (χ4v) is 3.73. The molecule has 110 valence electrons. The van der Waals surface area contributed by atoms with Gasteiger partial charge in [0, 0.05) is 30.8 Å². The maximum Gasteiger partial charge on any atom is 0.202 e. The smallest absolute Gasteiger partial charge is 0.202 e. The number of ether oxygens (including phenoxy) is 1. The van der Waals surface area contributed by atoms with E-state index in [2.05, 4.69) is 40.0 Å². The predicted molar refractivity (Wildman–Crippen MR) is 83.8 cm³/mol. The summed E-state index contributed by atoms with van der Waals surface area (Å²) >= 11 is 1.49. The van der Waals surface area contributed by atoms with Gasteiger partial charge in [-0.05, 0) is 31.2 Å². The van der Waals surface area contributed by atoms with Gasteiger partial charge in [0.05, 0.1) is 5.41 Å². The van der Waals surface area contributed by atoms with E-state index >= 15 is 0 Å². The van der Waals surface area contributed by atoms with Crippen LogP contribution < -0.4 is 5.32 Å². The Kier molecular flexibility index (Phi) is 3.39. The molecule has 1 saturated carbocycles. The van der Waals surface area contributed by atoms with Crippen LogP contribution in [0.15, 0.2) is 30.3 Å². The van der Waals surface area contributed by atoms with Crippen molar-refractivity contribution in [3.05, 3.63) is 41.7 Å². The van der Waals surface area contributed by atoms with Crippen molar-refractivity contribution in [2.24, 2.45) is 0 Å². The Bertz CT molecular complexity index is 603. The second kappa shape index (κ2) is 5.39. The van der Waals surface area contributed by atoms with E-state index in [4.69, 9.17) is 9.72 Å². The minimum absolute atomic E-state index is 0.0838. The summed E-state index contributed by atoms with van der Waals surface area (Å²) in [4.78, 5) is 4.80. The van der Waals surface area contributed by atoms with Gasteiger partial charge in [0.2, 0.25) is 5.13 Å². The molecule has 21 heavy (non-hydrogen) atoms. The molecule has 0 atom stereocenters. The van der Waals surface area contributed by atoms with Gasteiger partial charge in [-0.25, -0.2) is 4.98 Å². The molecule has 0 bridgehead atoms. The maximum absolute atomic E-state index is 5.58. The number of aromatic nitrogens is 2. The molecule has 4 nitrogen and oxygen atoms in total. The van der Waals surface area contributed by atoms with Crippen molar-refractivity contribution in [1.29, 1.82) is 0 Å². The highest BCUT2D eigenvalue weighted by Crippen LogP contribution is 2.41. The molecule has 1 N–H and O–H groups in total. The Morgan fingerprint density at radius 1 is 1.14 bits per heavy atom. The normalized spacial score (nSPS) is 21.1. The summed E-state index contributed by atoms with van der Waals surface area (Å²) in [6.07, 6.45) is 4.42. The highest BCUT2D eigenvalue weighted by atomic mass is 32.1. The molecule has 2 aromatic rings. The van der Waals surface area contributed by atoms with E-state index < -0.39 is 0 Å². The molecule has 2 fully saturated rings. The van der Waals surface area contributed by atoms with E-state index in [1.165, 1.54) is 29.9 Å². The first-order valence-corrected chi connectivity index (χ1v) is 8.38.